The number of nitrogens with zero attached hydrogens (tertiary/aromatic N) is 3. The Kier molecular flexibility index (Phi) is 4.35. The molecule has 130 valence electrons. The second-order valence-corrected chi connectivity index (χ2v) is 6.38. The fourth-order valence-corrected chi connectivity index (χ4v) is 3.23. The third-order valence-electron chi connectivity index (χ3n) is 4.70. The molecule has 5 nitrogen and oxygen atoms in total. The molecule has 2 aromatic carbocycles. The van der Waals surface area contributed by atoms with Crippen molar-refractivity contribution in [1.29, 1.82) is 0 Å². The smallest absolute Gasteiger partial charge is 0.270 e. The molecule has 0 radical (unpaired) electrons. The SMILES string of the molecule is Cc1ccccc1CNC(=O)c1ccnc(N2CCc3ccccc32)n1. The summed E-state index contributed by atoms with van der Waals surface area (Å²) >= 11 is 0. The molecule has 3 aromatic rings. The Bertz CT molecular complexity index is 954. The van der Waals surface area contributed by atoms with Gasteiger partial charge in [-0.1, -0.05) is 42.5 Å². The number of carbonyl (C=O) groups excluding carboxylic acids is 1. The number of hydrogen-bond donors (Lipinski definition) is 1. The lowest BCUT2D eigenvalue weighted by Gasteiger charge is -2.17. The van der Waals surface area contributed by atoms with E-state index in [0.29, 0.717) is 18.2 Å². The molecule has 1 aliphatic heterocycles. The van der Waals surface area contributed by atoms with E-state index in [1.54, 1.807) is 12.3 Å². The van der Waals surface area contributed by atoms with Crippen LogP contribution >= 0.6 is 0 Å². The Balaban J connectivity index is 1.51. The van der Waals surface area contributed by atoms with Gasteiger partial charge in [0.2, 0.25) is 5.95 Å². The summed E-state index contributed by atoms with van der Waals surface area (Å²) in [5.41, 5.74) is 5.04. The second kappa shape index (κ2) is 6.96. The van der Waals surface area contributed by atoms with E-state index < -0.39 is 0 Å². The standard InChI is InChI=1S/C21H20N4O/c1-15-6-2-3-8-17(15)14-23-20(26)18-10-12-22-21(24-18)25-13-11-16-7-4-5-9-19(16)25/h2-10,12H,11,13-14H2,1H3,(H,23,26). The van der Waals surface area contributed by atoms with Crippen molar-refractivity contribution in [2.24, 2.45) is 0 Å². The Labute approximate surface area is 152 Å². The number of anilines is 2. The van der Waals surface area contributed by atoms with Crippen molar-refractivity contribution < 1.29 is 4.79 Å². The molecule has 0 spiro atoms. The average molecular weight is 344 g/mol. The maximum absolute atomic E-state index is 12.5. The van der Waals surface area contributed by atoms with E-state index in [4.69, 9.17) is 0 Å². The number of benzene rings is 2. The zero-order chi connectivity index (χ0) is 17.9. The molecule has 5 heteroatoms. The molecular weight excluding hydrogens is 324 g/mol. The summed E-state index contributed by atoms with van der Waals surface area (Å²) in [6.07, 6.45) is 2.61. The Morgan fingerprint density at radius 1 is 1.12 bits per heavy atom. The molecule has 2 heterocycles. The highest BCUT2D eigenvalue weighted by molar-refractivity contribution is 5.92. The normalized spacial score (nSPS) is 12.7. The van der Waals surface area contributed by atoms with Crippen molar-refractivity contribution in [1.82, 2.24) is 15.3 Å². The molecule has 0 saturated heterocycles. The molecule has 1 N–H and O–H groups in total. The van der Waals surface area contributed by atoms with Gasteiger partial charge in [-0.2, -0.15) is 0 Å². The molecule has 1 amide bonds. The number of para-hydroxylation sites is 1. The van der Waals surface area contributed by atoms with Crippen molar-refractivity contribution in [2.45, 2.75) is 19.9 Å². The molecule has 0 atom stereocenters. The monoisotopic (exact) mass is 344 g/mol. The van der Waals surface area contributed by atoms with E-state index in [1.807, 2.05) is 43.3 Å². The van der Waals surface area contributed by atoms with Gasteiger partial charge < -0.3 is 10.2 Å². The molecule has 0 bridgehead atoms. The molecule has 0 unspecified atom stereocenters. The topological polar surface area (TPSA) is 58.1 Å². The molecule has 4 rings (SSSR count). The lowest BCUT2D eigenvalue weighted by molar-refractivity contribution is 0.0946. The maximum Gasteiger partial charge on any atom is 0.270 e. The van der Waals surface area contributed by atoms with Gasteiger partial charge in [-0.3, -0.25) is 4.79 Å². The first-order chi connectivity index (χ1) is 12.7. The number of nitrogens with one attached hydrogen (secondary N) is 1. The van der Waals surface area contributed by atoms with Crippen LogP contribution in [0.1, 0.15) is 27.2 Å². The largest absolute Gasteiger partial charge is 0.347 e. The van der Waals surface area contributed by atoms with Crippen LogP contribution in [0.25, 0.3) is 0 Å². The van der Waals surface area contributed by atoms with Gasteiger partial charge in [0.15, 0.2) is 0 Å². The Morgan fingerprint density at radius 3 is 2.81 bits per heavy atom. The van der Waals surface area contributed by atoms with E-state index in [0.717, 1.165) is 29.8 Å². The van der Waals surface area contributed by atoms with E-state index in [1.165, 1.54) is 5.56 Å². The lowest BCUT2D eigenvalue weighted by Crippen LogP contribution is -2.25. The van der Waals surface area contributed by atoms with Gasteiger partial charge in [-0.25, -0.2) is 9.97 Å². The molecule has 0 fully saturated rings. The summed E-state index contributed by atoms with van der Waals surface area (Å²) in [6.45, 7) is 3.35. The van der Waals surface area contributed by atoms with E-state index >= 15 is 0 Å². The van der Waals surface area contributed by atoms with Gasteiger partial charge in [0.25, 0.3) is 5.91 Å². The first-order valence-electron chi connectivity index (χ1n) is 8.73. The predicted octanol–water partition coefficient (Wildman–Crippen LogP) is 3.41. The second-order valence-electron chi connectivity index (χ2n) is 6.38. The highest BCUT2D eigenvalue weighted by atomic mass is 16.1. The van der Waals surface area contributed by atoms with Crippen LogP contribution in [-0.4, -0.2) is 22.4 Å². The van der Waals surface area contributed by atoms with Crippen LogP contribution in [0.3, 0.4) is 0 Å². The van der Waals surface area contributed by atoms with Crippen molar-refractivity contribution in [3.63, 3.8) is 0 Å². The van der Waals surface area contributed by atoms with Gasteiger partial charge in [0.05, 0.1) is 0 Å². The van der Waals surface area contributed by atoms with Gasteiger partial charge >= 0.3 is 0 Å². The number of hydrogen-bond acceptors (Lipinski definition) is 4. The molecular formula is C21H20N4O. The van der Waals surface area contributed by atoms with Crippen LogP contribution in [0, 0.1) is 6.92 Å². The summed E-state index contributed by atoms with van der Waals surface area (Å²) in [5, 5.41) is 2.95. The molecule has 1 aromatic heterocycles. The number of aryl methyl sites for hydroxylation is 1. The first kappa shape index (κ1) is 16.3. The minimum Gasteiger partial charge on any atom is -0.347 e. The number of aromatic nitrogens is 2. The minimum absolute atomic E-state index is 0.190. The van der Waals surface area contributed by atoms with Crippen LogP contribution in [0.15, 0.2) is 60.8 Å². The molecule has 0 aliphatic carbocycles. The summed E-state index contributed by atoms with van der Waals surface area (Å²) in [5.74, 6) is 0.378. The number of rotatable bonds is 4. The van der Waals surface area contributed by atoms with Crippen LogP contribution in [-0.2, 0) is 13.0 Å². The summed E-state index contributed by atoms with van der Waals surface area (Å²) in [6, 6.07) is 17.9. The number of amides is 1. The van der Waals surface area contributed by atoms with Gasteiger partial charge in [0.1, 0.15) is 5.69 Å². The third kappa shape index (κ3) is 3.16. The zero-order valence-electron chi connectivity index (χ0n) is 14.6. The number of carbonyl (C=O) groups is 1. The summed E-state index contributed by atoms with van der Waals surface area (Å²) in [4.78, 5) is 23.4. The quantitative estimate of drug-likeness (QED) is 0.788. The third-order valence-corrected chi connectivity index (χ3v) is 4.70. The number of fused-ring (bicyclic) bond motifs is 1. The summed E-state index contributed by atoms with van der Waals surface area (Å²) in [7, 11) is 0. The van der Waals surface area contributed by atoms with Crippen LogP contribution in [0.5, 0.6) is 0 Å². The van der Waals surface area contributed by atoms with Crippen molar-refractivity contribution in [3.05, 3.63) is 83.2 Å². The minimum atomic E-state index is -0.190. The van der Waals surface area contributed by atoms with Gasteiger partial charge in [-0.15, -0.1) is 0 Å². The predicted molar refractivity (Wildman–Crippen MR) is 102 cm³/mol. The van der Waals surface area contributed by atoms with E-state index in [2.05, 4.69) is 32.3 Å². The van der Waals surface area contributed by atoms with E-state index in [9.17, 15) is 4.79 Å². The highest BCUT2D eigenvalue weighted by Gasteiger charge is 2.22. The molecule has 1 aliphatic rings. The van der Waals surface area contributed by atoms with Crippen molar-refractivity contribution >= 4 is 17.5 Å². The highest BCUT2D eigenvalue weighted by Crippen LogP contribution is 2.32. The van der Waals surface area contributed by atoms with Crippen LogP contribution in [0.4, 0.5) is 11.6 Å². The van der Waals surface area contributed by atoms with Crippen molar-refractivity contribution in [2.75, 3.05) is 11.4 Å². The zero-order valence-corrected chi connectivity index (χ0v) is 14.6. The Hall–Kier alpha value is -3.21. The molecule has 0 saturated carbocycles. The van der Waals surface area contributed by atoms with Crippen LogP contribution in [0.2, 0.25) is 0 Å². The Morgan fingerprint density at radius 2 is 1.92 bits per heavy atom. The fourth-order valence-electron chi connectivity index (χ4n) is 3.23. The maximum atomic E-state index is 12.5. The van der Waals surface area contributed by atoms with Gasteiger partial charge in [-0.05, 0) is 42.2 Å². The van der Waals surface area contributed by atoms with Crippen molar-refractivity contribution in [3.8, 4) is 0 Å². The van der Waals surface area contributed by atoms with Gasteiger partial charge in [0, 0.05) is 25.0 Å². The summed E-state index contributed by atoms with van der Waals surface area (Å²) < 4.78 is 0. The average Bonchev–Trinajstić information content (AvgIpc) is 3.11. The van der Waals surface area contributed by atoms with E-state index in [-0.39, 0.29) is 5.91 Å². The van der Waals surface area contributed by atoms with Crippen LogP contribution < -0.4 is 10.2 Å². The first-order valence-corrected chi connectivity index (χ1v) is 8.73. The lowest BCUT2D eigenvalue weighted by atomic mass is 10.1. The fraction of sp³-hybridized carbons (Fsp3) is 0.190. The molecule has 26 heavy (non-hydrogen) atoms.